The van der Waals surface area contributed by atoms with E-state index in [1.54, 1.807) is 38.2 Å². The van der Waals surface area contributed by atoms with Gasteiger partial charge in [0.1, 0.15) is 30.5 Å². The maximum Gasteiger partial charge on any atom is 0.407 e. The number of nitrogens with one attached hydrogen (secondary N) is 2. The molecule has 1 amide bonds. The molecule has 4 N–H and O–H groups in total. The zero-order valence-electron chi connectivity index (χ0n) is 25.6. The van der Waals surface area contributed by atoms with Crippen molar-refractivity contribution in [2.24, 2.45) is 0 Å². The second-order valence-electron chi connectivity index (χ2n) is 11.1. The average molecular weight is 661 g/mol. The van der Waals surface area contributed by atoms with E-state index in [1.165, 1.54) is 17.7 Å². The van der Waals surface area contributed by atoms with Crippen molar-refractivity contribution in [3.63, 3.8) is 0 Å². The summed E-state index contributed by atoms with van der Waals surface area (Å²) in [4.78, 5) is 42.6. The number of aromatic amines is 1. The predicted octanol–water partition coefficient (Wildman–Crippen LogP) is 5.40. The van der Waals surface area contributed by atoms with Gasteiger partial charge in [0.05, 0.1) is 17.9 Å². The zero-order valence-corrected chi connectivity index (χ0v) is 27.3. The lowest BCUT2D eigenvalue weighted by atomic mass is 10.1. The molecule has 0 aliphatic heterocycles. The van der Waals surface area contributed by atoms with E-state index in [0.717, 1.165) is 30.4 Å². The Morgan fingerprint density at radius 3 is 2.59 bits per heavy atom. The maximum absolute atomic E-state index is 12.3. The average Bonchev–Trinajstić information content (AvgIpc) is 3.72. The summed E-state index contributed by atoms with van der Waals surface area (Å²) in [6.07, 6.45) is 2.55. The number of hydrogen-bond acceptors (Lipinski definition) is 13. The number of alkyl carbamates (subject to hydrolysis) is 1. The minimum Gasteiger partial charge on any atom is -0.471 e. The summed E-state index contributed by atoms with van der Waals surface area (Å²) in [6, 6.07) is 13.5. The molecule has 4 aromatic heterocycles. The van der Waals surface area contributed by atoms with Crippen molar-refractivity contribution < 1.29 is 23.8 Å². The van der Waals surface area contributed by atoms with Gasteiger partial charge in [-0.25, -0.2) is 14.6 Å². The van der Waals surface area contributed by atoms with Crippen LogP contribution in [-0.2, 0) is 27.4 Å². The van der Waals surface area contributed by atoms with Gasteiger partial charge < -0.3 is 35.1 Å². The van der Waals surface area contributed by atoms with Crippen LogP contribution in [0.1, 0.15) is 36.8 Å². The molecule has 5 rings (SSSR count). The van der Waals surface area contributed by atoms with Crippen molar-refractivity contribution in [1.29, 1.82) is 5.26 Å². The number of thiophene rings is 2. The summed E-state index contributed by atoms with van der Waals surface area (Å²) in [5.74, 6) is -0.246. The van der Waals surface area contributed by atoms with Gasteiger partial charge in [-0.2, -0.15) is 15.2 Å². The highest BCUT2D eigenvalue weighted by molar-refractivity contribution is 7.30. The van der Waals surface area contributed by atoms with Crippen LogP contribution in [0.4, 0.5) is 15.7 Å². The first-order valence-electron chi connectivity index (χ1n) is 14.1. The Hall–Kier alpha value is -5.20. The molecule has 13 nitrogen and oxygen atoms in total. The molecular weight excluding hydrogens is 629 g/mol. The number of nitrogens with zero attached hydrogens (tertiary/aromatic N) is 5. The van der Waals surface area contributed by atoms with Crippen molar-refractivity contribution in [3.8, 4) is 11.9 Å². The summed E-state index contributed by atoms with van der Waals surface area (Å²) < 4.78 is 18.6. The lowest BCUT2D eigenvalue weighted by molar-refractivity contribution is -0.149. The first-order chi connectivity index (χ1) is 22.0. The number of ether oxygens (including phenoxy) is 3. The molecule has 0 unspecified atom stereocenters. The zero-order chi connectivity index (χ0) is 32.8. The van der Waals surface area contributed by atoms with Crippen molar-refractivity contribution in [3.05, 3.63) is 64.3 Å². The van der Waals surface area contributed by atoms with Gasteiger partial charge in [0, 0.05) is 27.9 Å². The van der Waals surface area contributed by atoms with Gasteiger partial charge in [0.15, 0.2) is 11.2 Å². The third kappa shape index (κ3) is 8.29. The number of nitriles is 1. The molecule has 4 heterocycles. The highest BCUT2D eigenvalue weighted by atomic mass is 32.1. The first-order valence-corrected chi connectivity index (χ1v) is 15.8. The largest absolute Gasteiger partial charge is 0.471 e. The third-order valence-corrected chi connectivity index (χ3v) is 8.73. The number of hydrogen-bond donors (Lipinski definition) is 3. The fourth-order valence-corrected chi connectivity index (χ4v) is 6.49. The Labute approximate surface area is 272 Å². The molecule has 0 aliphatic rings. The molecule has 0 saturated heterocycles. The fraction of sp³-hybridized carbons (Fsp3) is 0.290. The summed E-state index contributed by atoms with van der Waals surface area (Å²) in [5, 5.41) is 13.2. The van der Waals surface area contributed by atoms with E-state index in [2.05, 4.69) is 25.3 Å². The molecule has 5 aromatic rings. The molecule has 0 saturated carbocycles. The number of carbonyl (C=O) groups is 2. The van der Waals surface area contributed by atoms with E-state index in [1.807, 2.05) is 54.4 Å². The van der Waals surface area contributed by atoms with Crippen LogP contribution in [-0.4, -0.2) is 57.8 Å². The third-order valence-electron chi connectivity index (χ3n) is 6.37. The summed E-state index contributed by atoms with van der Waals surface area (Å²) in [5.41, 5.74) is 7.84. The number of nitrogens with two attached hydrogens (primary N) is 1. The fourth-order valence-electron chi connectivity index (χ4n) is 4.16. The van der Waals surface area contributed by atoms with Gasteiger partial charge >= 0.3 is 12.1 Å². The van der Waals surface area contributed by atoms with Gasteiger partial charge in [0.25, 0.3) is 0 Å². The Balaban J connectivity index is 1.05. The highest BCUT2D eigenvalue weighted by Crippen LogP contribution is 2.38. The SMILES string of the molecule is CN(CCOC(=O)NCc1ccc(COc2nc(N)nc3[nH]cnc23)cc1)c1cc2sc(/C=C(\C#N)C(=O)OC(C)(C)C)cc2s1. The number of H-pyrrole nitrogens is 1. The van der Waals surface area contributed by atoms with E-state index in [0.29, 0.717) is 30.1 Å². The van der Waals surface area contributed by atoms with Gasteiger partial charge in [-0.3, -0.25) is 0 Å². The molecule has 15 heteroatoms. The van der Waals surface area contributed by atoms with Crippen LogP contribution in [0.2, 0.25) is 0 Å². The number of likely N-dealkylation sites (N-methyl/N-ethyl adjacent to an activating group) is 1. The van der Waals surface area contributed by atoms with E-state index in [4.69, 9.17) is 19.9 Å². The van der Waals surface area contributed by atoms with Crippen molar-refractivity contribution in [1.82, 2.24) is 25.3 Å². The van der Waals surface area contributed by atoms with Crippen molar-refractivity contribution in [2.75, 3.05) is 30.8 Å². The van der Waals surface area contributed by atoms with Crippen LogP contribution >= 0.6 is 22.7 Å². The Morgan fingerprint density at radius 1 is 1.13 bits per heavy atom. The number of anilines is 2. The number of benzene rings is 1. The van der Waals surface area contributed by atoms with Crippen LogP contribution in [0, 0.1) is 11.3 Å². The quantitative estimate of drug-likeness (QED) is 0.0937. The second kappa shape index (κ2) is 13.8. The molecule has 0 atom stereocenters. The normalized spacial score (nSPS) is 11.8. The lowest BCUT2D eigenvalue weighted by Gasteiger charge is -2.18. The molecule has 0 spiro atoms. The van der Waals surface area contributed by atoms with Crippen molar-refractivity contribution >= 4 is 72.3 Å². The molecule has 46 heavy (non-hydrogen) atoms. The van der Waals surface area contributed by atoms with Crippen LogP contribution in [0.15, 0.2) is 48.3 Å². The number of nitrogen functional groups attached to an aromatic ring is 1. The van der Waals surface area contributed by atoms with Crippen LogP contribution in [0.25, 0.3) is 26.6 Å². The van der Waals surface area contributed by atoms with Gasteiger partial charge in [0.2, 0.25) is 11.8 Å². The number of esters is 1. The van der Waals surface area contributed by atoms with Crippen LogP contribution < -0.4 is 20.7 Å². The Bertz CT molecular complexity index is 1900. The standard InChI is InChI=1S/C31H32N8O5S2/c1-31(2,3)44-28(40)20(14-32)11-21-12-22-23(45-21)13-24(46-22)39(4)9-10-42-30(41)34-15-18-5-7-19(8-6-18)16-43-27-25-26(36-17-35-25)37-29(33)38-27/h5-8,11-13,17H,9-10,15-16H2,1-4H3,(H,34,41)(H3,33,35,36,37,38)/b20-11+. The molecule has 0 bridgehead atoms. The lowest BCUT2D eigenvalue weighted by Crippen LogP contribution is -2.28. The van der Waals surface area contributed by atoms with E-state index < -0.39 is 17.7 Å². The van der Waals surface area contributed by atoms with E-state index >= 15 is 0 Å². The minimum absolute atomic E-state index is 0.0410. The predicted molar refractivity (Wildman–Crippen MR) is 177 cm³/mol. The maximum atomic E-state index is 12.3. The number of rotatable bonds is 11. The first kappa shape index (κ1) is 32.2. The molecular formula is C31H32N8O5S2. The number of aromatic nitrogens is 4. The number of fused-ring (bicyclic) bond motifs is 2. The Kier molecular flexibility index (Phi) is 9.69. The monoisotopic (exact) mass is 660 g/mol. The number of imidazole rings is 1. The highest BCUT2D eigenvalue weighted by Gasteiger charge is 2.20. The molecule has 238 valence electrons. The molecule has 0 radical (unpaired) electrons. The molecule has 0 aliphatic carbocycles. The molecule has 1 aromatic carbocycles. The summed E-state index contributed by atoms with van der Waals surface area (Å²) in [6.45, 7) is 6.56. The van der Waals surface area contributed by atoms with Crippen LogP contribution in [0.3, 0.4) is 0 Å². The van der Waals surface area contributed by atoms with Gasteiger partial charge in [-0.05, 0) is 50.1 Å². The summed E-state index contributed by atoms with van der Waals surface area (Å²) in [7, 11) is 1.93. The van der Waals surface area contributed by atoms with Crippen LogP contribution in [0.5, 0.6) is 5.88 Å². The molecule has 0 fully saturated rings. The van der Waals surface area contributed by atoms with E-state index in [-0.39, 0.29) is 24.7 Å². The Morgan fingerprint density at radius 2 is 1.87 bits per heavy atom. The van der Waals surface area contributed by atoms with E-state index in [9.17, 15) is 14.9 Å². The summed E-state index contributed by atoms with van der Waals surface area (Å²) >= 11 is 3.06. The topological polar surface area (TPSA) is 181 Å². The second-order valence-corrected chi connectivity index (χ2v) is 13.3. The number of carbonyl (C=O) groups excluding carboxylic acids is 2. The smallest absolute Gasteiger partial charge is 0.407 e. The van der Waals surface area contributed by atoms with Gasteiger partial charge in [-0.1, -0.05) is 24.3 Å². The minimum atomic E-state index is -0.679. The van der Waals surface area contributed by atoms with Crippen molar-refractivity contribution in [2.45, 2.75) is 39.5 Å². The number of amides is 1. The van der Waals surface area contributed by atoms with Gasteiger partial charge in [-0.15, -0.1) is 22.7 Å².